The molecule has 1 fully saturated rings. The van der Waals surface area contributed by atoms with Crippen molar-refractivity contribution in [3.8, 4) is 0 Å². The molecule has 14 heavy (non-hydrogen) atoms. The van der Waals surface area contributed by atoms with Crippen LogP contribution < -0.4 is 5.32 Å². The van der Waals surface area contributed by atoms with E-state index in [4.69, 9.17) is 4.74 Å². The first-order valence-corrected chi connectivity index (χ1v) is 5.70. The van der Waals surface area contributed by atoms with Crippen molar-refractivity contribution in [2.24, 2.45) is 0 Å². The van der Waals surface area contributed by atoms with Crippen LogP contribution >= 0.6 is 0 Å². The minimum atomic E-state index is 0.190. The van der Waals surface area contributed by atoms with Crippen molar-refractivity contribution >= 4 is 5.91 Å². The number of unbranched alkanes of at least 4 members (excludes halogenated alkanes) is 4. The zero-order valence-corrected chi connectivity index (χ0v) is 9.05. The van der Waals surface area contributed by atoms with E-state index < -0.39 is 0 Å². The second-order valence-electron chi connectivity index (χ2n) is 3.97. The SMILES string of the molecule is CCCCCCCC(=O)NC1COC1. The Labute approximate surface area is 86.2 Å². The highest BCUT2D eigenvalue weighted by Crippen LogP contribution is 2.06. The number of ether oxygens (including phenoxy) is 1. The van der Waals surface area contributed by atoms with Crippen molar-refractivity contribution < 1.29 is 9.53 Å². The molecule has 0 aromatic heterocycles. The second kappa shape index (κ2) is 6.82. The standard InChI is InChI=1S/C11H21NO2/c1-2-3-4-5-6-7-11(13)12-10-8-14-9-10/h10H,2-9H2,1H3,(H,12,13). The fraction of sp³-hybridized carbons (Fsp3) is 0.909. The van der Waals surface area contributed by atoms with Crippen LogP contribution in [0.1, 0.15) is 45.4 Å². The number of hydrogen-bond acceptors (Lipinski definition) is 2. The average Bonchev–Trinajstić information content (AvgIpc) is 2.11. The molecule has 0 aliphatic carbocycles. The van der Waals surface area contributed by atoms with Gasteiger partial charge in [-0.3, -0.25) is 4.79 Å². The molecule has 1 aliphatic heterocycles. The number of carbonyl (C=O) groups excluding carboxylic acids is 1. The molecule has 0 radical (unpaired) electrons. The first-order valence-electron chi connectivity index (χ1n) is 5.70. The average molecular weight is 199 g/mol. The fourth-order valence-electron chi connectivity index (χ4n) is 1.51. The molecule has 3 heteroatoms. The monoisotopic (exact) mass is 199 g/mol. The molecule has 0 bridgehead atoms. The molecular weight excluding hydrogens is 178 g/mol. The highest BCUT2D eigenvalue weighted by molar-refractivity contribution is 5.76. The Morgan fingerprint density at radius 3 is 2.57 bits per heavy atom. The Kier molecular flexibility index (Phi) is 5.60. The summed E-state index contributed by atoms with van der Waals surface area (Å²) in [6.07, 6.45) is 6.70. The first kappa shape index (κ1) is 11.5. The van der Waals surface area contributed by atoms with E-state index in [1.54, 1.807) is 0 Å². The second-order valence-corrected chi connectivity index (χ2v) is 3.97. The number of hydrogen-bond donors (Lipinski definition) is 1. The number of rotatable bonds is 7. The predicted octanol–water partition coefficient (Wildman–Crippen LogP) is 1.86. The van der Waals surface area contributed by atoms with E-state index >= 15 is 0 Å². The van der Waals surface area contributed by atoms with Gasteiger partial charge in [0.15, 0.2) is 0 Å². The summed E-state index contributed by atoms with van der Waals surface area (Å²) in [5.41, 5.74) is 0. The van der Waals surface area contributed by atoms with E-state index in [0.29, 0.717) is 19.6 Å². The Balaban J connectivity index is 1.87. The first-order chi connectivity index (χ1) is 6.83. The molecule has 0 spiro atoms. The van der Waals surface area contributed by atoms with Crippen LogP contribution in [-0.2, 0) is 9.53 Å². The maximum Gasteiger partial charge on any atom is 0.220 e. The maximum atomic E-state index is 11.3. The van der Waals surface area contributed by atoms with E-state index in [1.807, 2.05) is 0 Å². The summed E-state index contributed by atoms with van der Waals surface area (Å²) >= 11 is 0. The van der Waals surface area contributed by atoms with Gasteiger partial charge in [-0.25, -0.2) is 0 Å². The topological polar surface area (TPSA) is 38.3 Å². The molecular formula is C11H21NO2. The number of nitrogens with one attached hydrogen (secondary N) is 1. The van der Waals surface area contributed by atoms with Crippen molar-refractivity contribution in [1.29, 1.82) is 0 Å². The number of amides is 1. The van der Waals surface area contributed by atoms with Gasteiger partial charge in [0.05, 0.1) is 19.3 Å². The smallest absolute Gasteiger partial charge is 0.220 e. The molecule has 0 aromatic rings. The lowest BCUT2D eigenvalue weighted by molar-refractivity contribution is -0.125. The molecule has 1 aliphatic rings. The Morgan fingerprint density at radius 2 is 2.00 bits per heavy atom. The molecule has 1 amide bonds. The molecule has 1 rings (SSSR count). The Morgan fingerprint density at radius 1 is 1.29 bits per heavy atom. The summed E-state index contributed by atoms with van der Waals surface area (Å²) in [7, 11) is 0. The van der Waals surface area contributed by atoms with Crippen LogP contribution in [-0.4, -0.2) is 25.2 Å². The molecule has 0 unspecified atom stereocenters. The van der Waals surface area contributed by atoms with E-state index in [9.17, 15) is 4.79 Å². The minimum absolute atomic E-state index is 0.190. The van der Waals surface area contributed by atoms with Gasteiger partial charge in [-0.05, 0) is 6.42 Å². The van der Waals surface area contributed by atoms with Crippen LogP contribution in [0.2, 0.25) is 0 Å². The molecule has 1 saturated heterocycles. The fourth-order valence-corrected chi connectivity index (χ4v) is 1.51. The van der Waals surface area contributed by atoms with Gasteiger partial charge >= 0.3 is 0 Å². The van der Waals surface area contributed by atoms with Crippen molar-refractivity contribution in [3.63, 3.8) is 0 Å². The van der Waals surface area contributed by atoms with Gasteiger partial charge in [0, 0.05) is 6.42 Å². The molecule has 0 saturated carbocycles. The molecule has 1 N–H and O–H groups in total. The highest BCUT2D eigenvalue weighted by atomic mass is 16.5. The summed E-state index contributed by atoms with van der Waals surface area (Å²) in [4.78, 5) is 11.3. The summed E-state index contributed by atoms with van der Waals surface area (Å²) in [5, 5.41) is 2.94. The Bertz CT molecular complexity index is 167. The van der Waals surface area contributed by atoms with Crippen LogP contribution in [0.25, 0.3) is 0 Å². The van der Waals surface area contributed by atoms with Crippen molar-refractivity contribution in [2.45, 2.75) is 51.5 Å². The Hall–Kier alpha value is -0.570. The maximum absolute atomic E-state index is 11.3. The third-order valence-electron chi connectivity index (χ3n) is 2.51. The van der Waals surface area contributed by atoms with Gasteiger partial charge in [-0.2, -0.15) is 0 Å². The molecule has 3 nitrogen and oxygen atoms in total. The zero-order valence-electron chi connectivity index (χ0n) is 9.05. The lowest BCUT2D eigenvalue weighted by atomic mass is 10.1. The summed E-state index contributed by atoms with van der Waals surface area (Å²) < 4.78 is 4.98. The molecule has 0 aromatic carbocycles. The van der Waals surface area contributed by atoms with Crippen LogP contribution in [0.5, 0.6) is 0 Å². The summed E-state index contributed by atoms with van der Waals surface area (Å²) in [6, 6.07) is 0.290. The largest absolute Gasteiger partial charge is 0.377 e. The lowest BCUT2D eigenvalue weighted by Crippen LogP contribution is -2.48. The van der Waals surface area contributed by atoms with E-state index in [-0.39, 0.29) is 11.9 Å². The highest BCUT2D eigenvalue weighted by Gasteiger charge is 2.19. The van der Waals surface area contributed by atoms with Crippen LogP contribution in [0.4, 0.5) is 0 Å². The van der Waals surface area contributed by atoms with Gasteiger partial charge in [0.1, 0.15) is 0 Å². The van der Waals surface area contributed by atoms with Crippen LogP contribution in [0, 0.1) is 0 Å². The van der Waals surface area contributed by atoms with Gasteiger partial charge in [-0.15, -0.1) is 0 Å². The quantitative estimate of drug-likeness (QED) is 0.636. The van der Waals surface area contributed by atoms with Crippen LogP contribution in [0.3, 0.4) is 0 Å². The normalized spacial score (nSPS) is 16.4. The van der Waals surface area contributed by atoms with Gasteiger partial charge < -0.3 is 10.1 Å². The molecule has 82 valence electrons. The van der Waals surface area contributed by atoms with Crippen molar-refractivity contribution in [2.75, 3.05) is 13.2 Å². The third-order valence-corrected chi connectivity index (χ3v) is 2.51. The molecule has 0 atom stereocenters. The van der Waals surface area contributed by atoms with Gasteiger partial charge in [-0.1, -0.05) is 32.6 Å². The van der Waals surface area contributed by atoms with Gasteiger partial charge in [0.2, 0.25) is 5.91 Å². The van der Waals surface area contributed by atoms with E-state index in [2.05, 4.69) is 12.2 Å². The minimum Gasteiger partial charge on any atom is -0.377 e. The van der Waals surface area contributed by atoms with Crippen molar-refractivity contribution in [3.05, 3.63) is 0 Å². The van der Waals surface area contributed by atoms with E-state index in [1.165, 1.54) is 25.7 Å². The van der Waals surface area contributed by atoms with Crippen LogP contribution in [0.15, 0.2) is 0 Å². The summed E-state index contributed by atoms with van der Waals surface area (Å²) in [5.74, 6) is 0.190. The lowest BCUT2D eigenvalue weighted by Gasteiger charge is -2.26. The van der Waals surface area contributed by atoms with E-state index in [0.717, 1.165) is 6.42 Å². The third kappa shape index (κ3) is 4.61. The summed E-state index contributed by atoms with van der Waals surface area (Å²) in [6.45, 7) is 3.59. The van der Waals surface area contributed by atoms with Gasteiger partial charge in [0.25, 0.3) is 0 Å². The molecule has 1 heterocycles. The number of carbonyl (C=O) groups is 1. The van der Waals surface area contributed by atoms with Crippen molar-refractivity contribution in [1.82, 2.24) is 5.32 Å². The predicted molar refractivity (Wildman–Crippen MR) is 56.1 cm³/mol. The zero-order chi connectivity index (χ0) is 10.2.